The van der Waals surface area contributed by atoms with Crippen LogP contribution in [0.4, 0.5) is 4.39 Å². The molecule has 0 saturated heterocycles. The summed E-state index contributed by atoms with van der Waals surface area (Å²) in [6, 6.07) is 5.82. The van der Waals surface area contributed by atoms with Crippen LogP contribution >= 0.6 is 0 Å². The number of nitrogens with one attached hydrogen (secondary N) is 1. The fraction of sp³-hybridized carbons (Fsp3) is 0.429. The van der Waals surface area contributed by atoms with E-state index in [1.165, 1.54) is 0 Å². The number of hydrogen-bond acceptors (Lipinski definition) is 1. The first-order valence-corrected chi connectivity index (χ1v) is 5.72. The van der Waals surface area contributed by atoms with Crippen LogP contribution < -0.4 is 5.32 Å². The molecule has 0 fully saturated rings. The van der Waals surface area contributed by atoms with Gasteiger partial charge >= 0.3 is 0 Å². The third-order valence-corrected chi connectivity index (χ3v) is 2.69. The van der Waals surface area contributed by atoms with Crippen LogP contribution in [-0.4, -0.2) is 6.04 Å². The quantitative estimate of drug-likeness (QED) is 0.724. The Bertz CT molecular complexity index is 347. The van der Waals surface area contributed by atoms with E-state index in [2.05, 4.69) is 18.8 Å². The summed E-state index contributed by atoms with van der Waals surface area (Å²) in [5.74, 6) is -0.127. The minimum atomic E-state index is -0.127. The first kappa shape index (κ1) is 12.9. The lowest BCUT2D eigenvalue weighted by molar-refractivity contribution is 0.516. The molecule has 0 aliphatic carbocycles. The van der Waals surface area contributed by atoms with Gasteiger partial charge in [0.1, 0.15) is 5.82 Å². The van der Waals surface area contributed by atoms with E-state index in [1.807, 2.05) is 18.2 Å². The topological polar surface area (TPSA) is 12.0 Å². The van der Waals surface area contributed by atoms with Gasteiger partial charge < -0.3 is 5.32 Å². The third kappa shape index (κ3) is 4.15. The van der Waals surface area contributed by atoms with Crippen molar-refractivity contribution in [3.05, 3.63) is 47.8 Å². The van der Waals surface area contributed by atoms with Gasteiger partial charge in [-0.25, -0.2) is 4.39 Å². The van der Waals surface area contributed by atoms with Gasteiger partial charge in [-0.15, -0.1) is 6.58 Å². The van der Waals surface area contributed by atoms with Crippen molar-refractivity contribution in [2.45, 2.75) is 39.3 Å². The average Bonchev–Trinajstić information content (AvgIpc) is 2.28. The standard InChI is InChI=1S/C14H20FN/c1-4-5-6-12(3)16-10-13-8-7-11(2)14(15)9-13/h4,7-9,12,16H,1,5-6,10H2,2-3H3. The van der Waals surface area contributed by atoms with Gasteiger partial charge in [-0.2, -0.15) is 0 Å². The van der Waals surface area contributed by atoms with Crippen LogP contribution in [0.3, 0.4) is 0 Å². The SMILES string of the molecule is C=CCCC(C)NCc1ccc(C)c(F)c1. The van der Waals surface area contributed by atoms with Gasteiger partial charge in [-0.05, 0) is 43.9 Å². The first-order chi connectivity index (χ1) is 7.63. The second kappa shape index (κ2) is 6.44. The number of aryl methyl sites for hydroxylation is 1. The Morgan fingerprint density at radius 1 is 1.50 bits per heavy atom. The van der Waals surface area contributed by atoms with Crippen molar-refractivity contribution < 1.29 is 4.39 Å². The van der Waals surface area contributed by atoms with E-state index in [-0.39, 0.29) is 5.82 Å². The second-order valence-corrected chi connectivity index (χ2v) is 4.23. The van der Waals surface area contributed by atoms with E-state index in [0.29, 0.717) is 11.6 Å². The van der Waals surface area contributed by atoms with Crippen molar-refractivity contribution in [3.63, 3.8) is 0 Å². The summed E-state index contributed by atoms with van der Waals surface area (Å²) in [4.78, 5) is 0. The van der Waals surface area contributed by atoms with E-state index in [9.17, 15) is 4.39 Å². The van der Waals surface area contributed by atoms with Crippen molar-refractivity contribution >= 4 is 0 Å². The fourth-order valence-corrected chi connectivity index (χ4v) is 1.51. The van der Waals surface area contributed by atoms with Crippen LogP contribution in [0, 0.1) is 12.7 Å². The number of hydrogen-bond donors (Lipinski definition) is 1. The summed E-state index contributed by atoms with van der Waals surface area (Å²) in [6.45, 7) is 8.32. The number of benzene rings is 1. The van der Waals surface area contributed by atoms with Gasteiger partial charge in [-0.1, -0.05) is 18.2 Å². The van der Waals surface area contributed by atoms with E-state index >= 15 is 0 Å². The van der Waals surface area contributed by atoms with Gasteiger partial charge in [0.15, 0.2) is 0 Å². The second-order valence-electron chi connectivity index (χ2n) is 4.23. The molecule has 1 N–H and O–H groups in total. The molecule has 0 aliphatic rings. The van der Waals surface area contributed by atoms with E-state index in [1.54, 1.807) is 13.0 Å². The Morgan fingerprint density at radius 3 is 2.88 bits per heavy atom. The molecule has 16 heavy (non-hydrogen) atoms. The molecule has 2 heteroatoms. The van der Waals surface area contributed by atoms with Crippen molar-refractivity contribution in [3.8, 4) is 0 Å². The lowest BCUT2D eigenvalue weighted by Gasteiger charge is -2.13. The minimum absolute atomic E-state index is 0.127. The predicted octanol–water partition coefficient (Wildman–Crippen LogP) is 3.58. The molecule has 0 heterocycles. The number of rotatable bonds is 6. The molecule has 1 nitrogen and oxygen atoms in total. The number of halogens is 1. The summed E-state index contributed by atoms with van der Waals surface area (Å²) in [6.07, 6.45) is 4.00. The molecule has 0 aromatic heterocycles. The van der Waals surface area contributed by atoms with Crippen LogP contribution in [0.2, 0.25) is 0 Å². The highest BCUT2D eigenvalue weighted by Gasteiger charge is 2.02. The molecule has 0 radical (unpaired) electrons. The van der Waals surface area contributed by atoms with Crippen LogP contribution in [0.25, 0.3) is 0 Å². The molecule has 0 saturated carbocycles. The van der Waals surface area contributed by atoms with Crippen molar-refractivity contribution in [2.75, 3.05) is 0 Å². The molecule has 0 amide bonds. The van der Waals surface area contributed by atoms with Crippen LogP contribution in [0.1, 0.15) is 30.9 Å². The van der Waals surface area contributed by atoms with Gasteiger partial charge in [0.25, 0.3) is 0 Å². The highest BCUT2D eigenvalue weighted by atomic mass is 19.1. The Labute approximate surface area is 97.4 Å². The summed E-state index contributed by atoms with van der Waals surface area (Å²) >= 11 is 0. The first-order valence-electron chi connectivity index (χ1n) is 5.72. The van der Waals surface area contributed by atoms with Crippen LogP contribution in [-0.2, 0) is 6.54 Å². The summed E-state index contributed by atoms with van der Waals surface area (Å²) in [7, 11) is 0. The van der Waals surface area contributed by atoms with Crippen molar-refractivity contribution in [1.82, 2.24) is 5.32 Å². The Kier molecular flexibility index (Phi) is 5.20. The molecular weight excluding hydrogens is 201 g/mol. The third-order valence-electron chi connectivity index (χ3n) is 2.69. The largest absolute Gasteiger partial charge is 0.310 e. The molecule has 1 aromatic carbocycles. The van der Waals surface area contributed by atoms with Crippen LogP contribution in [0.5, 0.6) is 0 Å². The maximum Gasteiger partial charge on any atom is 0.126 e. The monoisotopic (exact) mass is 221 g/mol. The van der Waals surface area contributed by atoms with Crippen LogP contribution in [0.15, 0.2) is 30.9 Å². The number of allylic oxidation sites excluding steroid dienone is 1. The lowest BCUT2D eigenvalue weighted by atomic mass is 10.1. The molecule has 0 aliphatic heterocycles. The summed E-state index contributed by atoms with van der Waals surface area (Å²) in [5, 5.41) is 3.37. The molecule has 1 atom stereocenters. The van der Waals surface area contributed by atoms with Gasteiger partial charge in [0.05, 0.1) is 0 Å². The molecular formula is C14H20FN. The predicted molar refractivity (Wildman–Crippen MR) is 66.9 cm³/mol. The van der Waals surface area contributed by atoms with Crippen molar-refractivity contribution in [1.29, 1.82) is 0 Å². The van der Waals surface area contributed by atoms with Crippen molar-refractivity contribution in [2.24, 2.45) is 0 Å². The van der Waals surface area contributed by atoms with E-state index in [4.69, 9.17) is 0 Å². The Morgan fingerprint density at radius 2 is 2.25 bits per heavy atom. The van der Waals surface area contributed by atoms with E-state index in [0.717, 1.165) is 24.9 Å². The fourth-order valence-electron chi connectivity index (χ4n) is 1.51. The van der Waals surface area contributed by atoms with E-state index < -0.39 is 0 Å². The summed E-state index contributed by atoms with van der Waals surface area (Å²) < 4.78 is 13.3. The molecule has 0 bridgehead atoms. The lowest BCUT2D eigenvalue weighted by Crippen LogP contribution is -2.25. The van der Waals surface area contributed by atoms with Gasteiger partial charge in [0, 0.05) is 12.6 Å². The highest BCUT2D eigenvalue weighted by Crippen LogP contribution is 2.09. The molecule has 1 unspecified atom stereocenters. The Hall–Kier alpha value is -1.15. The highest BCUT2D eigenvalue weighted by molar-refractivity contribution is 5.23. The summed E-state index contributed by atoms with van der Waals surface area (Å²) in [5.41, 5.74) is 1.69. The maximum atomic E-state index is 13.3. The zero-order valence-corrected chi connectivity index (χ0v) is 10.1. The Balaban J connectivity index is 2.42. The van der Waals surface area contributed by atoms with Gasteiger partial charge in [-0.3, -0.25) is 0 Å². The molecule has 1 rings (SSSR count). The molecule has 88 valence electrons. The normalized spacial score (nSPS) is 12.4. The smallest absolute Gasteiger partial charge is 0.126 e. The zero-order chi connectivity index (χ0) is 12.0. The maximum absolute atomic E-state index is 13.3. The molecule has 0 spiro atoms. The minimum Gasteiger partial charge on any atom is -0.310 e. The zero-order valence-electron chi connectivity index (χ0n) is 10.1. The van der Waals surface area contributed by atoms with Gasteiger partial charge in [0.2, 0.25) is 0 Å². The average molecular weight is 221 g/mol. The molecule has 1 aromatic rings.